The van der Waals surface area contributed by atoms with E-state index in [2.05, 4.69) is 27.5 Å². The maximum absolute atomic E-state index is 5.70. The lowest BCUT2D eigenvalue weighted by atomic mass is 10.1. The van der Waals surface area contributed by atoms with Crippen LogP contribution in [0.15, 0.2) is 35.6 Å². The van der Waals surface area contributed by atoms with Crippen molar-refractivity contribution in [2.24, 2.45) is 5.73 Å². The second kappa shape index (κ2) is 3.64. The number of pyridine rings is 1. The summed E-state index contributed by atoms with van der Waals surface area (Å²) in [5.74, 6) is 0. The summed E-state index contributed by atoms with van der Waals surface area (Å²) in [6, 6.07) is 3.65. The molecule has 0 aliphatic rings. The first kappa shape index (κ1) is 8.43. The highest BCUT2D eigenvalue weighted by Gasteiger charge is 2.00. The van der Waals surface area contributed by atoms with Gasteiger partial charge in [-0.25, -0.2) is 4.98 Å². The van der Waals surface area contributed by atoms with Crippen LogP contribution in [0.4, 0.5) is 0 Å². The van der Waals surface area contributed by atoms with E-state index in [0.29, 0.717) is 0 Å². The summed E-state index contributed by atoms with van der Waals surface area (Å²) < 4.78 is 0.798. The number of nitrogens with two attached hydrogens (primary N) is 1. The highest BCUT2D eigenvalue weighted by atomic mass is 79.9. The first-order valence-corrected chi connectivity index (χ1v) is 4.03. The van der Waals surface area contributed by atoms with Gasteiger partial charge >= 0.3 is 0 Å². The van der Waals surface area contributed by atoms with Crippen LogP contribution in [0.1, 0.15) is 11.6 Å². The molecule has 0 saturated carbocycles. The van der Waals surface area contributed by atoms with Gasteiger partial charge in [0, 0.05) is 12.2 Å². The zero-order valence-electron chi connectivity index (χ0n) is 6.00. The summed E-state index contributed by atoms with van der Waals surface area (Å²) in [6.45, 7) is 3.61. The van der Waals surface area contributed by atoms with E-state index in [1.807, 2.05) is 12.1 Å². The molecule has 0 radical (unpaired) electrons. The van der Waals surface area contributed by atoms with Crippen molar-refractivity contribution in [1.82, 2.24) is 4.98 Å². The monoisotopic (exact) mass is 212 g/mol. The molecule has 0 amide bonds. The molecule has 0 aliphatic carbocycles. The molecule has 0 spiro atoms. The van der Waals surface area contributed by atoms with Gasteiger partial charge in [0.05, 0.1) is 0 Å². The Morgan fingerprint density at radius 2 is 2.45 bits per heavy atom. The highest BCUT2D eigenvalue weighted by molar-refractivity contribution is 9.10. The molecule has 0 saturated heterocycles. The maximum Gasteiger partial charge on any atom is 0.106 e. The lowest BCUT2D eigenvalue weighted by Gasteiger charge is -2.04. The molecule has 0 aromatic carbocycles. The minimum Gasteiger partial charge on any atom is -0.321 e. The Hall–Kier alpha value is -0.670. The number of hydrogen-bond donors (Lipinski definition) is 1. The SMILES string of the molecule is C=C[C@H](N)c1ccnc(Br)c1. The van der Waals surface area contributed by atoms with Crippen molar-refractivity contribution in [3.63, 3.8) is 0 Å². The van der Waals surface area contributed by atoms with Crippen LogP contribution in [-0.2, 0) is 0 Å². The zero-order valence-corrected chi connectivity index (χ0v) is 7.58. The predicted octanol–water partition coefficient (Wildman–Crippen LogP) is 2.03. The van der Waals surface area contributed by atoms with Crippen molar-refractivity contribution in [3.8, 4) is 0 Å². The Morgan fingerprint density at radius 3 is 3.00 bits per heavy atom. The number of hydrogen-bond acceptors (Lipinski definition) is 2. The minimum absolute atomic E-state index is 0.103. The first-order valence-electron chi connectivity index (χ1n) is 3.23. The average molecular weight is 213 g/mol. The molecule has 0 bridgehead atoms. The smallest absolute Gasteiger partial charge is 0.106 e. The summed E-state index contributed by atoms with van der Waals surface area (Å²) in [4.78, 5) is 3.98. The summed E-state index contributed by atoms with van der Waals surface area (Å²) in [6.07, 6.45) is 3.41. The van der Waals surface area contributed by atoms with Crippen molar-refractivity contribution in [3.05, 3.63) is 41.2 Å². The third kappa shape index (κ3) is 2.13. The van der Waals surface area contributed by atoms with Gasteiger partial charge in [-0.1, -0.05) is 6.08 Å². The highest BCUT2D eigenvalue weighted by Crippen LogP contribution is 2.14. The van der Waals surface area contributed by atoms with Crippen LogP contribution < -0.4 is 5.73 Å². The van der Waals surface area contributed by atoms with Gasteiger partial charge < -0.3 is 5.73 Å². The Kier molecular flexibility index (Phi) is 2.79. The minimum atomic E-state index is -0.103. The predicted molar refractivity (Wildman–Crippen MR) is 49.1 cm³/mol. The molecule has 0 fully saturated rings. The summed E-state index contributed by atoms with van der Waals surface area (Å²) >= 11 is 3.26. The topological polar surface area (TPSA) is 38.9 Å². The number of rotatable bonds is 2. The van der Waals surface area contributed by atoms with Crippen molar-refractivity contribution >= 4 is 15.9 Å². The van der Waals surface area contributed by atoms with E-state index in [1.165, 1.54) is 0 Å². The van der Waals surface area contributed by atoms with Gasteiger partial charge in [-0.2, -0.15) is 0 Å². The van der Waals surface area contributed by atoms with Gasteiger partial charge in [-0.05, 0) is 33.6 Å². The quantitative estimate of drug-likeness (QED) is 0.603. The second-order valence-corrected chi connectivity index (χ2v) is 2.99. The van der Waals surface area contributed by atoms with Gasteiger partial charge in [-0.15, -0.1) is 6.58 Å². The third-order valence-electron chi connectivity index (χ3n) is 1.39. The van der Waals surface area contributed by atoms with Gasteiger partial charge in [0.2, 0.25) is 0 Å². The van der Waals surface area contributed by atoms with Crippen molar-refractivity contribution < 1.29 is 0 Å². The van der Waals surface area contributed by atoms with Crippen LogP contribution in [0.2, 0.25) is 0 Å². The van der Waals surface area contributed by atoms with E-state index >= 15 is 0 Å². The molecule has 0 unspecified atom stereocenters. The molecule has 0 aliphatic heterocycles. The third-order valence-corrected chi connectivity index (χ3v) is 1.82. The number of halogens is 1. The van der Waals surface area contributed by atoms with Crippen LogP contribution >= 0.6 is 15.9 Å². The molecule has 2 nitrogen and oxygen atoms in total. The largest absolute Gasteiger partial charge is 0.321 e. The van der Waals surface area contributed by atoms with E-state index in [9.17, 15) is 0 Å². The van der Waals surface area contributed by atoms with Crippen LogP contribution in [0, 0.1) is 0 Å². The Morgan fingerprint density at radius 1 is 1.73 bits per heavy atom. The van der Waals surface area contributed by atoms with Crippen LogP contribution in [0.3, 0.4) is 0 Å². The second-order valence-electron chi connectivity index (χ2n) is 2.17. The molecule has 3 heteroatoms. The van der Waals surface area contributed by atoms with E-state index in [1.54, 1.807) is 12.3 Å². The van der Waals surface area contributed by atoms with Crippen molar-refractivity contribution in [2.75, 3.05) is 0 Å². The van der Waals surface area contributed by atoms with Crippen LogP contribution in [0.5, 0.6) is 0 Å². The Labute approximate surface area is 74.3 Å². The van der Waals surface area contributed by atoms with Crippen LogP contribution in [0.25, 0.3) is 0 Å². The van der Waals surface area contributed by atoms with E-state index < -0.39 is 0 Å². The molecular weight excluding hydrogens is 204 g/mol. The van der Waals surface area contributed by atoms with Gasteiger partial charge in [0.15, 0.2) is 0 Å². The molecule has 2 N–H and O–H groups in total. The Balaban J connectivity index is 2.95. The summed E-state index contributed by atoms with van der Waals surface area (Å²) in [5, 5.41) is 0. The fourth-order valence-electron chi connectivity index (χ4n) is 0.761. The molecule has 1 heterocycles. The van der Waals surface area contributed by atoms with Gasteiger partial charge in [0.25, 0.3) is 0 Å². The lowest BCUT2D eigenvalue weighted by molar-refractivity contribution is 0.907. The molecule has 1 aromatic heterocycles. The van der Waals surface area contributed by atoms with Crippen LogP contribution in [-0.4, -0.2) is 4.98 Å². The van der Waals surface area contributed by atoms with E-state index in [-0.39, 0.29) is 6.04 Å². The fourth-order valence-corrected chi connectivity index (χ4v) is 1.14. The normalized spacial score (nSPS) is 12.5. The standard InChI is InChI=1S/C8H9BrN2/c1-2-7(10)6-3-4-11-8(9)5-6/h2-5,7H,1,10H2/t7-/m0/s1. The molecule has 1 aromatic rings. The number of nitrogens with zero attached hydrogens (tertiary/aromatic N) is 1. The molecule has 1 rings (SSSR count). The maximum atomic E-state index is 5.70. The van der Waals surface area contributed by atoms with E-state index in [4.69, 9.17) is 5.73 Å². The van der Waals surface area contributed by atoms with Gasteiger partial charge in [-0.3, -0.25) is 0 Å². The van der Waals surface area contributed by atoms with E-state index in [0.717, 1.165) is 10.2 Å². The molecule has 11 heavy (non-hydrogen) atoms. The van der Waals surface area contributed by atoms with Crippen molar-refractivity contribution in [2.45, 2.75) is 6.04 Å². The molecular formula is C8H9BrN2. The Bertz CT molecular complexity index is 260. The van der Waals surface area contributed by atoms with Gasteiger partial charge in [0.1, 0.15) is 4.60 Å². The molecule has 1 atom stereocenters. The fraction of sp³-hybridized carbons (Fsp3) is 0.125. The average Bonchev–Trinajstić information content (AvgIpc) is 2.03. The zero-order chi connectivity index (χ0) is 8.27. The lowest BCUT2D eigenvalue weighted by Crippen LogP contribution is -2.06. The molecule has 58 valence electrons. The van der Waals surface area contributed by atoms with Crippen molar-refractivity contribution in [1.29, 1.82) is 0 Å². The number of aromatic nitrogens is 1. The first-order chi connectivity index (χ1) is 5.24. The summed E-state index contributed by atoms with van der Waals surface area (Å²) in [7, 11) is 0. The summed E-state index contributed by atoms with van der Waals surface area (Å²) in [5.41, 5.74) is 6.71.